The van der Waals surface area contributed by atoms with Gasteiger partial charge in [-0.3, -0.25) is 0 Å². The maximum Gasteiger partial charge on any atom is 0.186 e. The summed E-state index contributed by atoms with van der Waals surface area (Å²) in [7, 11) is 0. The Hall–Kier alpha value is -0.240. The van der Waals surface area contributed by atoms with E-state index in [1.165, 1.54) is 0 Å². The molecule has 192 valence electrons. The zero-order valence-electron chi connectivity index (χ0n) is 21.6. The normalized spacial score (nSPS) is 26.0. The number of unbranched alkanes of at least 4 members (excludes halogenated alkanes) is 5. The van der Waals surface area contributed by atoms with Crippen LogP contribution in [0.1, 0.15) is 98.8 Å². The van der Waals surface area contributed by atoms with Crippen molar-refractivity contribution >= 4 is 0 Å². The highest BCUT2D eigenvalue weighted by Crippen LogP contribution is 2.30. The minimum absolute atomic E-state index is 0.224. The van der Waals surface area contributed by atoms with Crippen molar-refractivity contribution in [2.75, 3.05) is 39.6 Å². The summed E-state index contributed by atoms with van der Waals surface area (Å²) in [4.78, 5) is 0. The molecule has 1 rings (SSSR count). The van der Waals surface area contributed by atoms with E-state index in [1.807, 2.05) is 0 Å². The first-order valence-electron chi connectivity index (χ1n) is 13.4. The highest BCUT2D eigenvalue weighted by Gasteiger charge is 2.48. The van der Waals surface area contributed by atoms with Crippen LogP contribution in [0, 0.1) is 0 Å². The van der Waals surface area contributed by atoms with E-state index >= 15 is 0 Å². The van der Waals surface area contributed by atoms with Crippen molar-refractivity contribution in [2.45, 2.75) is 130 Å². The molecule has 0 aromatic heterocycles. The summed E-state index contributed by atoms with van der Waals surface area (Å²) in [6.07, 6.45) is 9.09. The molecule has 1 fully saturated rings. The first kappa shape index (κ1) is 29.8. The second kappa shape index (κ2) is 20.2. The zero-order chi connectivity index (χ0) is 23.4. The average Bonchev–Trinajstić information content (AvgIpc) is 2.80. The smallest absolute Gasteiger partial charge is 0.186 e. The van der Waals surface area contributed by atoms with Gasteiger partial charge in [-0.1, -0.05) is 66.7 Å². The topological polar surface area (TPSA) is 55.4 Å². The van der Waals surface area contributed by atoms with E-state index in [2.05, 4.69) is 34.6 Å². The van der Waals surface area contributed by atoms with Crippen LogP contribution in [0.25, 0.3) is 0 Å². The van der Waals surface area contributed by atoms with Crippen LogP contribution in [-0.2, 0) is 28.4 Å². The Balaban J connectivity index is 3.03. The second-order valence-electron chi connectivity index (χ2n) is 8.76. The summed E-state index contributed by atoms with van der Waals surface area (Å²) in [5, 5.41) is 0. The minimum Gasteiger partial charge on any atom is -0.379 e. The van der Waals surface area contributed by atoms with Gasteiger partial charge >= 0.3 is 0 Å². The Morgan fingerprint density at radius 1 is 0.500 bits per heavy atom. The molecule has 0 aliphatic carbocycles. The first-order chi connectivity index (χ1) is 15.7. The third-order valence-electron chi connectivity index (χ3n) is 5.72. The summed E-state index contributed by atoms with van der Waals surface area (Å²) in [5.74, 6) is 0. The molecule has 32 heavy (non-hydrogen) atoms. The molecule has 0 saturated carbocycles. The number of hydrogen-bond acceptors (Lipinski definition) is 6. The van der Waals surface area contributed by atoms with E-state index in [0.29, 0.717) is 33.0 Å². The largest absolute Gasteiger partial charge is 0.379 e. The summed E-state index contributed by atoms with van der Waals surface area (Å²) in [6, 6.07) is 0. The second-order valence-corrected chi connectivity index (χ2v) is 8.76. The van der Waals surface area contributed by atoms with E-state index in [4.69, 9.17) is 28.4 Å². The van der Waals surface area contributed by atoms with Crippen LogP contribution in [-0.4, -0.2) is 70.3 Å². The molecule has 0 spiro atoms. The fraction of sp³-hybridized carbons (Fsp3) is 1.00. The molecule has 1 aliphatic heterocycles. The Morgan fingerprint density at radius 3 is 1.47 bits per heavy atom. The molecule has 6 nitrogen and oxygen atoms in total. The van der Waals surface area contributed by atoms with Gasteiger partial charge in [-0.2, -0.15) is 0 Å². The van der Waals surface area contributed by atoms with Gasteiger partial charge in [0.05, 0.1) is 6.61 Å². The molecule has 0 radical (unpaired) electrons. The molecule has 0 N–H and O–H groups in total. The predicted molar refractivity (Wildman–Crippen MR) is 129 cm³/mol. The van der Waals surface area contributed by atoms with Crippen LogP contribution in [0.15, 0.2) is 0 Å². The summed E-state index contributed by atoms with van der Waals surface area (Å²) >= 11 is 0. The van der Waals surface area contributed by atoms with Crippen LogP contribution in [0.2, 0.25) is 0 Å². The minimum atomic E-state index is -0.462. The highest BCUT2D eigenvalue weighted by atomic mass is 16.7. The first-order valence-corrected chi connectivity index (χ1v) is 13.4. The lowest BCUT2D eigenvalue weighted by molar-refractivity contribution is -0.323. The van der Waals surface area contributed by atoms with Gasteiger partial charge in [-0.15, -0.1) is 0 Å². The Kier molecular flexibility index (Phi) is 18.8. The standard InChI is InChI=1S/C26H52O6/c1-6-11-16-27-21-22-23(28-17-12-7-2)24(29-18-13-8-3)25(30-19-14-9-4)26(32-22)31-20-15-10-5/h22-26H,6-21H2,1-5H3/t22-,23-,24+,25-,26+/m1/s1. The maximum atomic E-state index is 6.46. The lowest BCUT2D eigenvalue weighted by Crippen LogP contribution is -2.62. The molecule has 1 aliphatic rings. The van der Waals surface area contributed by atoms with Gasteiger partial charge < -0.3 is 28.4 Å². The fourth-order valence-electron chi connectivity index (χ4n) is 3.59. The van der Waals surface area contributed by atoms with Gasteiger partial charge in [0.25, 0.3) is 0 Å². The van der Waals surface area contributed by atoms with E-state index in [1.54, 1.807) is 0 Å². The molecule has 5 atom stereocenters. The van der Waals surface area contributed by atoms with Gasteiger partial charge in [0.2, 0.25) is 0 Å². The van der Waals surface area contributed by atoms with Crippen molar-refractivity contribution in [1.29, 1.82) is 0 Å². The van der Waals surface area contributed by atoms with Gasteiger partial charge in [0, 0.05) is 33.0 Å². The molecule has 1 heterocycles. The van der Waals surface area contributed by atoms with Gasteiger partial charge in [0.15, 0.2) is 6.29 Å². The third-order valence-corrected chi connectivity index (χ3v) is 5.72. The fourth-order valence-corrected chi connectivity index (χ4v) is 3.59. The van der Waals surface area contributed by atoms with E-state index in [9.17, 15) is 0 Å². The number of rotatable bonds is 21. The molecule has 0 bridgehead atoms. The molecule has 6 heteroatoms. The third kappa shape index (κ3) is 11.8. The van der Waals surface area contributed by atoms with Crippen molar-refractivity contribution in [3.63, 3.8) is 0 Å². The zero-order valence-corrected chi connectivity index (χ0v) is 21.6. The Bertz CT molecular complexity index is 408. The molecule has 0 aromatic rings. The van der Waals surface area contributed by atoms with Crippen LogP contribution < -0.4 is 0 Å². The van der Waals surface area contributed by atoms with Crippen molar-refractivity contribution in [2.24, 2.45) is 0 Å². The van der Waals surface area contributed by atoms with Crippen molar-refractivity contribution < 1.29 is 28.4 Å². The van der Waals surface area contributed by atoms with Crippen LogP contribution in [0.4, 0.5) is 0 Å². The summed E-state index contributed by atoms with van der Waals surface area (Å²) in [6.45, 7) is 14.8. The number of ether oxygens (including phenoxy) is 6. The molecular weight excluding hydrogens is 408 g/mol. The van der Waals surface area contributed by atoms with Gasteiger partial charge in [0.1, 0.15) is 24.4 Å². The Morgan fingerprint density at radius 2 is 0.938 bits per heavy atom. The molecule has 0 amide bonds. The average molecular weight is 461 g/mol. The maximum absolute atomic E-state index is 6.46. The Labute approximate surface area is 198 Å². The van der Waals surface area contributed by atoms with Crippen LogP contribution >= 0.6 is 0 Å². The molecule has 0 unspecified atom stereocenters. The van der Waals surface area contributed by atoms with E-state index in [0.717, 1.165) is 70.8 Å². The lowest BCUT2D eigenvalue weighted by atomic mass is 9.98. The van der Waals surface area contributed by atoms with Crippen LogP contribution in [0.3, 0.4) is 0 Å². The van der Waals surface area contributed by atoms with E-state index in [-0.39, 0.29) is 24.4 Å². The van der Waals surface area contributed by atoms with Crippen molar-refractivity contribution in [1.82, 2.24) is 0 Å². The quantitative estimate of drug-likeness (QED) is 0.199. The summed E-state index contributed by atoms with van der Waals surface area (Å²) in [5.41, 5.74) is 0. The molecule has 0 aromatic carbocycles. The highest BCUT2D eigenvalue weighted by molar-refractivity contribution is 4.93. The SMILES string of the molecule is CCCCOC[C@H]1O[C@H](OCCCC)[C@H](OCCCC)[C@@H](OCCCC)[C@@H]1OCCCC. The number of hydrogen-bond donors (Lipinski definition) is 0. The monoisotopic (exact) mass is 460 g/mol. The molecule has 1 saturated heterocycles. The van der Waals surface area contributed by atoms with E-state index < -0.39 is 6.29 Å². The lowest BCUT2D eigenvalue weighted by Gasteiger charge is -2.46. The van der Waals surface area contributed by atoms with Crippen molar-refractivity contribution in [3.8, 4) is 0 Å². The van der Waals surface area contributed by atoms with Gasteiger partial charge in [-0.25, -0.2) is 0 Å². The summed E-state index contributed by atoms with van der Waals surface area (Å²) < 4.78 is 37.8. The molecular formula is C26H52O6. The van der Waals surface area contributed by atoms with Gasteiger partial charge in [-0.05, 0) is 32.1 Å². The predicted octanol–water partition coefficient (Wildman–Crippen LogP) is 5.90. The van der Waals surface area contributed by atoms with Crippen LogP contribution in [0.5, 0.6) is 0 Å². The van der Waals surface area contributed by atoms with Crippen molar-refractivity contribution in [3.05, 3.63) is 0 Å².